The molecule has 0 unspecified atom stereocenters. The molecule has 1 aromatic carbocycles. The third kappa shape index (κ3) is 4.16. The van der Waals surface area contributed by atoms with Crippen LogP contribution in [0.2, 0.25) is 0 Å². The maximum Gasteiger partial charge on any atom is 0.266 e. The molecule has 0 saturated carbocycles. The number of benzene rings is 1. The molecular weight excluding hydrogens is 304 g/mol. The van der Waals surface area contributed by atoms with Gasteiger partial charge in [-0.15, -0.1) is 0 Å². The van der Waals surface area contributed by atoms with E-state index in [0.29, 0.717) is 18.0 Å². The van der Waals surface area contributed by atoms with Crippen molar-refractivity contribution in [1.29, 1.82) is 0 Å². The predicted molar refractivity (Wildman–Crippen MR) is 93.0 cm³/mol. The number of amides is 2. The van der Waals surface area contributed by atoms with Gasteiger partial charge in [-0.05, 0) is 56.7 Å². The van der Waals surface area contributed by atoms with Gasteiger partial charge in [0.05, 0.1) is 12.1 Å². The molecule has 1 aliphatic carbocycles. The van der Waals surface area contributed by atoms with Gasteiger partial charge in [-0.3, -0.25) is 9.59 Å². The molecule has 0 bridgehead atoms. The number of carbonyl (C=O) groups excluding carboxylic acids is 2. The summed E-state index contributed by atoms with van der Waals surface area (Å²) in [6, 6.07) is 5.61. The van der Waals surface area contributed by atoms with E-state index in [1.54, 1.807) is 0 Å². The Kier molecular flexibility index (Phi) is 5.18. The maximum atomic E-state index is 12.1. The second kappa shape index (κ2) is 7.51. The van der Waals surface area contributed by atoms with Gasteiger partial charge in [-0.1, -0.05) is 17.7 Å². The molecule has 1 heterocycles. The lowest BCUT2D eigenvalue weighted by molar-refractivity contribution is -0.130. The van der Waals surface area contributed by atoms with Gasteiger partial charge in [0.15, 0.2) is 6.10 Å². The van der Waals surface area contributed by atoms with Crippen LogP contribution in [0.25, 0.3) is 0 Å². The van der Waals surface area contributed by atoms with Crippen LogP contribution in [0.4, 0.5) is 5.69 Å². The average molecular weight is 328 g/mol. The van der Waals surface area contributed by atoms with E-state index >= 15 is 0 Å². The van der Waals surface area contributed by atoms with E-state index in [2.05, 4.69) is 16.7 Å². The molecule has 3 rings (SSSR count). The average Bonchev–Trinajstić information content (AvgIpc) is 2.57. The lowest BCUT2D eigenvalue weighted by atomic mass is 9.97. The Hall–Kier alpha value is -2.30. The molecule has 5 heteroatoms. The fourth-order valence-electron chi connectivity index (χ4n) is 3.13. The van der Waals surface area contributed by atoms with E-state index in [0.717, 1.165) is 24.8 Å². The van der Waals surface area contributed by atoms with Crippen LogP contribution in [0, 0.1) is 6.92 Å². The minimum atomic E-state index is -0.769. The highest BCUT2D eigenvalue weighted by atomic mass is 16.5. The van der Waals surface area contributed by atoms with Crippen LogP contribution in [-0.2, 0) is 9.59 Å². The fourth-order valence-corrected chi connectivity index (χ4v) is 3.13. The molecule has 0 aromatic heterocycles. The predicted octanol–water partition coefficient (Wildman–Crippen LogP) is 3.09. The number of hydrogen-bond donors (Lipinski definition) is 2. The molecule has 128 valence electrons. The molecule has 1 atom stereocenters. The van der Waals surface area contributed by atoms with E-state index < -0.39 is 6.10 Å². The first-order chi connectivity index (χ1) is 11.6. The summed E-state index contributed by atoms with van der Waals surface area (Å²) in [6.07, 6.45) is 7.25. The fraction of sp³-hybridized carbons (Fsp3) is 0.474. The molecule has 0 fully saturated rings. The maximum absolute atomic E-state index is 12.1. The Labute approximate surface area is 142 Å². The zero-order chi connectivity index (χ0) is 16.9. The number of allylic oxidation sites excluding steroid dienone is 1. The summed E-state index contributed by atoms with van der Waals surface area (Å²) in [7, 11) is 0. The summed E-state index contributed by atoms with van der Waals surface area (Å²) in [5.74, 6) is 0.200. The molecule has 1 aromatic rings. The third-order valence-electron chi connectivity index (χ3n) is 4.48. The van der Waals surface area contributed by atoms with Crippen molar-refractivity contribution in [2.75, 3.05) is 11.9 Å². The van der Waals surface area contributed by atoms with Gasteiger partial charge in [-0.2, -0.15) is 0 Å². The molecule has 0 spiro atoms. The van der Waals surface area contributed by atoms with E-state index in [9.17, 15) is 9.59 Å². The van der Waals surface area contributed by atoms with Gasteiger partial charge < -0.3 is 15.4 Å². The molecule has 1 aliphatic heterocycles. The number of aryl methyl sites for hydroxylation is 1. The van der Waals surface area contributed by atoms with Gasteiger partial charge in [0.2, 0.25) is 5.91 Å². The first-order valence-electron chi connectivity index (χ1n) is 8.64. The first kappa shape index (κ1) is 16.6. The Morgan fingerprint density at radius 2 is 2.25 bits per heavy atom. The van der Waals surface area contributed by atoms with Crippen LogP contribution in [0.1, 0.15) is 44.1 Å². The van der Waals surface area contributed by atoms with Gasteiger partial charge in [0.1, 0.15) is 5.75 Å². The molecule has 24 heavy (non-hydrogen) atoms. The Balaban J connectivity index is 1.48. The van der Waals surface area contributed by atoms with Crippen LogP contribution in [-0.4, -0.2) is 24.5 Å². The number of fused-ring (bicyclic) bond motifs is 1. The van der Waals surface area contributed by atoms with E-state index in [1.807, 2.05) is 25.1 Å². The van der Waals surface area contributed by atoms with Crippen molar-refractivity contribution in [1.82, 2.24) is 5.32 Å². The van der Waals surface area contributed by atoms with Crippen LogP contribution >= 0.6 is 0 Å². The molecule has 2 amide bonds. The van der Waals surface area contributed by atoms with Crippen LogP contribution in [0.3, 0.4) is 0 Å². The first-order valence-corrected chi connectivity index (χ1v) is 8.64. The van der Waals surface area contributed by atoms with Gasteiger partial charge >= 0.3 is 0 Å². The van der Waals surface area contributed by atoms with E-state index in [-0.39, 0.29) is 18.2 Å². The molecular formula is C19H24N2O3. The largest absolute Gasteiger partial charge is 0.478 e. The number of anilines is 1. The minimum absolute atomic E-state index is 0.0399. The SMILES string of the molecule is Cc1ccc2c(c1)NC(=O)[C@H](CC(=O)NCCC1=CCCCC1)O2. The Morgan fingerprint density at radius 1 is 1.38 bits per heavy atom. The topological polar surface area (TPSA) is 67.4 Å². The minimum Gasteiger partial charge on any atom is -0.478 e. The summed E-state index contributed by atoms with van der Waals surface area (Å²) in [5.41, 5.74) is 3.14. The van der Waals surface area contributed by atoms with Gasteiger partial charge in [0.25, 0.3) is 5.91 Å². The van der Waals surface area contributed by atoms with Crippen molar-refractivity contribution < 1.29 is 14.3 Å². The third-order valence-corrected chi connectivity index (χ3v) is 4.48. The van der Waals surface area contributed by atoms with Crippen molar-refractivity contribution in [3.05, 3.63) is 35.4 Å². The molecule has 0 radical (unpaired) electrons. The van der Waals surface area contributed by atoms with Crippen molar-refractivity contribution in [3.8, 4) is 5.75 Å². The molecule has 2 aliphatic rings. The lowest BCUT2D eigenvalue weighted by Crippen LogP contribution is -2.41. The highest BCUT2D eigenvalue weighted by Gasteiger charge is 2.29. The zero-order valence-electron chi connectivity index (χ0n) is 14.1. The highest BCUT2D eigenvalue weighted by molar-refractivity contribution is 6.00. The zero-order valence-corrected chi connectivity index (χ0v) is 14.1. The Morgan fingerprint density at radius 3 is 3.04 bits per heavy atom. The van der Waals surface area contributed by atoms with Crippen molar-refractivity contribution >= 4 is 17.5 Å². The standard InChI is InChI=1S/C19H24N2O3/c1-13-7-8-16-15(11-13)21-19(23)17(24-16)12-18(22)20-10-9-14-5-3-2-4-6-14/h5,7-8,11,17H,2-4,6,9-10,12H2,1H3,(H,20,22)(H,21,23)/t17-/m0/s1. The lowest BCUT2D eigenvalue weighted by Gasteiger charge is -2.25. The summed E-state index contributed by atoms with van der Waals surface area (Å²) in [5, 5.41) is 5.70. The van der Waals surface area contributed by atoms with Crippen molar-refractivity contribution in [2.45, 2.75) is 51.6 Å². The monoisotopic (exact) mass is 328 g/mol. The summed E-state index contributed by atoms with van der Waals surface area (Å²) >= 11 is 0. The van der Waals surface area contributed by atoms with Crippen LogP contribution in [0.5, 0.6) is 5.75 Å². The molecule has 5 nitrogen and oxygen atoms in total. The van der Waals surface area contributed by atoms with Crippen molar-refractivity contribution in [2.24, 2.45) is 0 Å². The number of ether oxygens (including phenoxy) is 1. The Bertz CT molecular complexity index is 667. The van der Waals surface area contributed by atoms with E-state index in [1.165, 1.54) is 18.4 Å². The number of rotatable bonds is 5. The normalized spacial score (nSPS) is 19.6. The molecule has 2 N–H and O–H groups in total. The van der Waals surface area contributed by atoms with Gasteiger partial charge in [-0.25, -0.2) is 0 Å². The van der Waals surface area contributed by atoms with Crippen LogP contribution < -0.4 is 15.4 Å². The molecule has 0 saturated heterocycles. The smallest absolute Gasteiger partial charge is 0.266 e. The van der Waals surface area contributed by atoms with Gasteiger partial charge in [0, 0.05) is 6.54 Å². The number of nitrogens with one attached hydrogen (secondary N) is 2. The summed E-state index contributed by atoms with van der Waals surface area (Å²) in [4.78, 5) is 24.2. The van der Waals surface area contributed by atoms with Crippen LogP contribution in [0.15, 0.2) is 29.8 Å². The summed E-state index contributed by atoms with van der Waals surface area (Å²) < 4.78 is 5.68. The van der Waals surface area contributed by atoms with E-state index in [4.69, 9.17) is 4.74 Å². The van der Waals surface area contributed by atoms with Crippen molar-refractivity contribution in [3.63, 3.8) is 0 Å². The second-order valence-electron chi connectivity index (χ2n) is 6.51. The summed E-state index contributed by atoms with van der Waals surface area (Å²) in [6.45, 7) is 2.57. The second-order valence-corrected chi connectivity index (χ2v) is 6.51. The quantitative estimate of drug-likeness (QED) is 0.816. The number of hydrogen-bond acceptors (Lipinski definition) is 3. The highest BCUT2D eigenvalue weighted by Crippen LogP contribution is 2.31. The number of carbonyl (C=O) groups is 2.